The van der Waals surface area contributed by atoms with Crippen LogP contribution >= 0.6 is 0 Å². The summed E-state index contributed by atoms with van der Waals surface area (Å²) < 4.78 is 10.7. The third-order valence-corrected chi connectivity index (χ3v) is 4.30. The molecule has 0 atom stereocenters. The Labute approximate surface area is 167 Å². The highest BCUT2D eigenvalue weighted by atomic mass is 16.6. The second-order valence-corrected chi connectivity index (χ2v) is 6.53. The first-order valence-corrected chi connectivity index (χ1v) is 9.05. The maximum Gasteiger partial charge on any atom is 0.363 e. The van der Waals surface area contributed by atoms with Gasteiger partial charge < -0.3 is 9.47 Å². The summed E-state index contributed by atoms with van der Waals surface area (Å²) in [6.07, 6.45) is 1.60. The van der Waals surface area contributed by atoms with Gasteiger partial charge in [-0.05, 0) is 55.0 Å². The van der Waals surface area contributed by atoms with Crippen molar-refractivity contribution in [3.8, 4) is 5.75 Å². The van der Waals surface area contributed by atoms with Gasteiger partial charge in [0.2, 0.25) is 5.90 Å². The molecule has 0 amide bonds. The third-order valence-electron chi connectivity index (χ3n) is 4.30. The van der Waals surface area contributed by atoms with Crippen molar-refractivity contribution in [3.63, 3.8) is 0 Å². The molecule has 29 heavy (non-hydrogen) atoms. The molecule has 0 aromatic heterocycles. The summed E-state index contributed by atoms with van der Waals surface area (Å²) in [5, 5.41) is 0. The molecule has 1 heterocycles. The average molecular weight is 383 g/mol. The van der Waals surface area contributed by atoms with E-state index in [0.717, 1.165) is 11.1 Å². The van der Waals surface area contributed by atoms with Crippen LogP contribution in [-0.2, 0) is 9.53 Å². The summed E-state index contributed by atoms with van der Waals surface area (Å²) in [5.74, 6) is -0.321. The molecule has 0 spiro atoms. The van der Waals surface area contributed by atoms with E-state index in [0.29, 0.717) is 16.9 Å². The van der Waals surface area contributed by atoms with Crippen LogP contribution in [0.3, 0.4) is 0 Å². The Kier molecular flexibility index (Phi) is 5.03. The van der Waals surface area contributed by atoms with Gasteiger partial charge in [0, 0.05) is 5.56 Å². The molecule has 142 valence electrons. The van der Waals surface area contributed by atoms with Crippen LogP contribution in [0.25, 0.3) is 6.08 Å². The Morgan fingerprint density at radius 2 is 1.72 bits per heavy atom. The van der Waals surface area contributed by atoms with Gasteiger partial charge in [-0.15, -0.1) is 0 Å². The lowest BCUT2D eigenvalue weighted by Gasteiger charge is -2.05. The first-order valence-electron chi connectivity index (χ1n) is 9.05. The topological polar surface area (TPSA) is 65.0 Å². The van der Waals surface area contributed by atoms with E-state index < -0.39 is 11.9 Å². The molecule has 3 aromatic carbocycles. The van der Waals surface area contributed by atoms with Crippen LogP contribution in [0.1, 0.15) is 27.0 Å². The van der Waals surface area contributed by atoms with E-state index in [1.54, 1.807) is 54.6 Å². The minimum atomic E-state index is -0.521. The Morgan fingerprint density at radius 3 is 2.48 bits per heavy atom. The Balaban J connectivity index is 1.55. The normalized spacial score (nSPS) is 14.4. The van der Waals surface area contributed by atoms with Gasteiger partial charge in [-0.2, -0.15) is 0 Å². The zero-order valence-corrected chi connectivity index (χ0v) is 15.7. The van der Waals surface area contributed by atoms with Gasteiger partial charge >= 0.3 is 11.9 Å². The molecule has 0 fully saturated rings. The van der Waals surface area contributed by atoms with Crippen molar-refractivity contribution in [1.82, 2.24) is 0 Å². The lowest BCUT2D eigenvalue weighted by Crippen LogP contribution is -2.08. The van der Waals surface area contributed by atoms with Crippen molar-refractivity contribution in [1.29, 1.82) is 0 Å². The number of benzene rings is 3. The number of aliphatic imine (C=N–C) groups is 1. The van der Waals surface area contributed by atoms with Crippen LogP contribution in [-0.4, -0.2) is 17.8 Å². The van der Waals surface area contributed by atoms with Crippen LogP contribution < -0.4 is 4.74 Å². The molecule has 5 nitrogen and oxygen atoms in total. The smallest absolute Gasteiger partial charge is 0.363 e. The fraction of sp³-hybridized carbons (Fsp3) is 0.0417. The number of carbonyl (C=O) groups excluding carboxylic acids is 2. The molecular formula is C24H17NO4. The second-order valence-electron chi connectivity index (χ2n) is 6.53. The number of carbonyl (C=O) groups is 2. The summed E-state index contributed by atoms with van der Waals surface area (Å²) in [4.78, 5) is 28.7. The zero-order valence-electron chi connectivity index (χ0n) is 15.7. The average Bonchev–Trinajstić information content (AvgIpc) is 3.09. The maximum absolute atomic E-state index is 12.2. The number of cyclic esters (lactones) is 1. The number of hydrogen-bond donors (Lipinski definition) is 0. The van der Waals surface area contributed by atoms with Crippen molar-refractivity contribution in [2.45, 2.75) is 6.92 Å². The fourth-order valence-corrected chi connectivity index (χ4v) is 2.79. The van der Waals surface area contributed by atoms with Crippen molar-refractivity contribution in [2.24, 2.45) is 4.99 Å². The van der Waals surface area contributed by atoms with Gasteiger partial charge in [0.1, 0.15) is 5.75 Å². The number of hydrogen-bond acceptors (Lipinski definition) is 5. The van der Waals surface area contributed by atoms with E-state index in [4.69, 9.17) is 9.47 Å². The van der Waals surface area contributed by atoms with Crippen molar-refractivity contribution < 1.29 is 19.1 Å². The molecule has 0 radical (unpaired) electrons. The SMILES string of the molecule is Cc1ccc(C2=N/C(=C\c3cccc(OC(=O)c4ccccc4)c3)C(=O)O2)cc1. The third kappa shape index (κ3) is 4.30. The zero-order chi connectivity index (χ0) is 20.2. The van der Waals surface area contributed by atoms with E-state index in [1.807, 2.05) is 37.3 Å². The van der Waals surface area contributed by atoms with E-state index in [2.05, 4.69) is 4.99 Å². The molecular weight excluding hydrogens is 366 g/mol. The monoisotopic (exact) mass is 383 g/mol. The van der Waals surface area contributed by atoms with E-state index in [1.165, 1.54) is 0 Å². The molecule has 1 aliphatic rings. The molecule has 0 N–H and O–H groups in total. The summed E-state index contributed by atoms with van der Waals surface area (Å²) in [6, 6.07) is 23.2. The summed E-state index contributed by atoms with van der Waals surface area (Å²) in [5.41, 5.74) is 3.16. The molecule has 0 bridgehead atoms. The quantitative estimate of drug-likeness (QED) is 0.376. The number of esters is 2. The predicted molar refractivity (Wildman–Crippen MR) is 110 cm³/mol. The molecule has 0 saturated heterocycles. The molecule has 0 unspecified atom stereocenters. The van der Waals surface area contributed by atoms with Crippen molar-refractivity contribution in [2.75, 3.05) is 0 Å². The standard InChI is InChI=1S/C24H17NO4/c1-16-10-12-18(13-11-16)22-25-21(24(27)29-22)15-17-6-5-9-20(14-17)28-23(26)19-7-3-2-4-8-19/h2-15H,1H3/b21-15-. The summed E-state index contributed by atoms with van der Waals surface area (Å²) >= 11 is 0. The summed E-state index contributed by atoms with van der Waals surface area (Å²) in [7, 11) is 0. The number of ether oxygens (including phenoxy) is 2. The number of rotatable bonds is 4. The van der Waals surface area contributed by atoms with Gasteiger partial charge in [0.15, 0.2) is 5.70 Å². The van der Waals surface area contributed by atoms with Gasteiger partial charge in [-0.25, -0.2) is 14.6 Å². The predicted octanol–water partition coefficient (Wildman–Crippen LogP) is 4.56. The van der Waals surface area contributed by atoms with Gasteiger partial charge in [0.25, 0.3) is 0 Å². The van der Waals surface area contributed by atoms with E-state index >= 15 is 0 Å². The van der Waals surface area contributed by atoms with E-state index in [-0.39, 0.29) is 11.6 Å². The highest BCUT2D eigenvalue weighted by molar-refractivity contribution is 6.12. The molecule has 5 heteroatoms. The fourth-order valence-electron chi connectivity index (χ4n) is 2.79. The highest BCUT2D eigenvalue weighted by Gasteiger charge is 2.24. The van der Waals surface area contributed by atoms with Crippen LogP contribution in [0.2, 0.25) is 0 Å². The van der Waals surface area contributed by atoms with E-state index in [9.17, 15) is 9.59 Å². The molecule has 3 aromatic rings. The maximum atomic E-state index is 12.2. The van der Waals surface area contributed by atoms with Crippen molar-refractivity contribution in [3.05, 3.63) is 107 Å². The molecule has 4 rings (SSSR count). The molecule has 0 saturated carbocycles. The Hall–Kier alpha value is -3.99. The van der Waals surface area contributed by atoms with Gasteiger partial charge in [0.05, 0.1) is 5.56 Å². The largest absolute Gasteiger partial charge is 0.423 e. The first kappa shape index (κ1) is 18.4. The summed E-state index contributed by atoms with van der Waals surface area (Å²) in [6.45, 7) is 1.98. The molecule has 0 aliphatic carbocycles. The van der Waals surface area contributed by atoms with Crippen LogP contribution in [0.15, 0.2) is 89.6 Å². The highest BCUT2D eigenvalue weighted by Crippen LogP contribution is 2.22. The lowest BCUT2D eigenvalue weighted by atomic mass is 10.1. The molecule has 1 aliphatic heterocycles. The van der Waals surface area contributed by atoms with Crippen LogP contribution in [0.4, 0.5) is 0 Å². The van der Waals surface area contributed by atoms with Crippen molar-refractivity contribution >= 4 is 23.9 Å². The first-order chi connectivity index (χ1) is 14.1. The van der Waals surface area contributed by atoms with Gasteiger partial charge in [-0.1, -0.05) is 48.0 Å². The second kappa shape index (κ2) is 7.94. The van der Waals surface area contributed by atoms with Crippen LogP contribution in [0, 0.1) is 6.92 Å². The lowest BCUT2D eigenvalue weighted by molar-refractivity contribution is -0.129. The Bertz CT molecular complexity index is 1130. The minimum absolute atomic E-state index is 0.187. The number of nitrogens with zero attached hydrogens (tertiary/aromatic N) is 1. The van der Waals surface area contributed by atoms with Gasteiger partial charge in [-0.3, -0.25) is 0 Å². The minimum Gasteiger partial charge on any atom is -0.423 e. The van der Waals surface area contributed by atoms with Crippen LogP contribution in [0.5, 0.6) is 5.75 Å². The Morgan fingerprint density at radius 1 is 0.966 bits per heavy atom. The number of aryl methyl sites for hydroxylation is 1.